The third kappa shape index (κ3) is 5.71. The molecule has 0 heterocycles. The summed E-state index contributed by atoms with van der Waals surface area (Å²) in [7, 11) is 1.45. The molecule has 0 spiro atoms. The van der Waals surface area contributed by atoms with Crippen molar-refractivity contribution in [2.24, 2.45) is 0 Å². The fourth-order valence-electron chi connectivity index (χ4n) is 2.50. The SMILES string of the molecule is CCNC(C)(CCSCc1cc(C)cc(C)c1)C(=O)OC. The van der Waals surface area contributed by atoms with Crippen molar-refractivity contribution in [2.75, 3.05) is 19.4 Å². The predicted molar refractivity (Wildman–Crippen MR) is 90.8 cm³/mol. The van der Waals surface area contributed by atoms with E-state index < -0.39 is 5.54 Å². The van der Waals surface area contributed by atoms with Gasteiger partial charge in [0.15, 0.2) is 0 Å². The smallest absolute Gasteiger partial charge is 0.325 e. The number of methoxy groups -OCH3 is 1. The van der Waals surface area contributed by atoms with Crippen LogP contribution in [0.5, 0.6) is 0 Å². The zero-order chi connectivity index (χ0) is 15.9. The van der Waals surface area contributed by atoms with Gasteiger partial charge in [0.1, 0.15) is 5.54 Å². The average molecular weight is 309 g/mol. The van der Waals surface area contributed by atoms with E-state index in [-0.39, 0.29) is 5.97 Å². The molecule has 0 fully saturated rings. The van der Waals surface area contributed by atoms with Crippen LogP contribution in [0.2, 0.25) is 0 Å². The Balaban J connectivity index is 2.49. The van der Waals surface area contributed by atoms with Crippen molar-refractivity contribution in [1.82, 2.24) is 5.32 Å². The van der Waals surface area contributed by atoms with E-state index in [0.717, 1.165) is 24.5 Å². The van der Waals surface area contributed by atoms with E-state index in [2.05, 4.69) is 37.4 Å². The minimum Gasteiger partial charge on any atom is -0.468 e. The first-order valence-electron chi connectivity index (χ1n) is 7.39. The summed E-state index contributed by atoms with van der Waals surface area (Å²) in [5.41, 5.74) is 3.37. The highest BCUT2D eigenvalue weighted by Crippen LogP contribution is 2.20. The second-order valence-corrected chi connectivity index (χ2v) is 6.76. The number of aryl methyl sites for hydroxylation is 2. The molecule has 1 unspecified atom stereocenters. The van der Waals surface area contributed by atoms with E-state index in [4.69, 9.17) is 4.74 Å². The first-order chi connectivity index (χ1) is 9.91. The van der Waals surface area contributed by atoms with Crippen LogP contribution < -0.4 is 5.32 Å². The van der Waals surface area contributed by atoms with Crippen LogP contribution in [-0.2, 0) is 15.3 Å². The number of carbonyl (C=O) groups is 1. The summed E-state index contributed by atoms with van der Waals surface area (Å²) in [6, 6.07) is 6.64. The van der Waals surface area contributed by atoms with Crippen molar-refractivity contribution in [3.05, 3.63) is 34.9 Å². The summed E-state index contributed by atoms with van der Waals surface area (Å²) >= 11 is 1.86. The van der Waals surface area contributed by atoms with Gasteiger partial charge < -0.3 is 10.1 Å². The van der Waals surface area contributed by atoms with Crippen LogP contribution in [0.1, 0.15) is 37.0 Å². The van der Waals surface area contributed by atoms with Crippen LogP contribution in [-0.4, -0.2) is 30.9 Å². The molecular formula is C17H27NO2S. The third-order valence-electron chi connectivity index (χ3n) is 3.50. The Morgan fingerprint density at radius 2 is 1.90 bits per heavy atom. The number of nitrogens with one attached hydrogen (secondary N) is 1. The number of thioether (sulfide) groups is 1. The predicted octanol–water partition coefficient (Wildman–Crippen LogP) is 3.47. The molecule has 0 amide bonds. The number of ether oxygens (including phenoxy) is 1. The maximum atomic E-state index is 11.9. The minimum absolute atomic E-state index is 0.184. The van der Waals surface area contributed by atoms with Crippen molar-refractivity contribution in [2.45, 2.75) is 45.4 Å². The van der Waals surface area contributed by atoms with Crippen molar-refractivity contribution >= 4 is 17.7 Å². The van der Waals surface area contributed by atoms with Gasteiger partial charge >= 0.3 is 5.97 Å². The second-order valence-electron chi connectivity index (χ2n) is 5.65. The first kappa shape index (κ1) is 18.1. The van der Waals surface area contributed by atoms with Gasteiger partial charge in [0.25, 0.3) is 0 Å². The van der Waals surface area contributed by atoms with E-state index in [1.54, 1.807) is 0 Å². The topological polar surface area (TPSA) is 38.3 Å². The molecule has 1 aromatic rings. The molecule has 1 rings (SSSR count). The third-order valence-corrected chi connectivity index (χ3v) is 4.53. The molecule has 1 atom stereocenters. The summed E-state index contributed by atoms with van der Waals surface area (Å²) in [5, 5.41) is 3.24. The number of benzene rings is 1. The Morgan fingerprint density at radius 1 is 1.29 bits per heavy atom. The normalized spacial score (nSPS) is 13.8. The van der Waals surface area contributed by atoms with Crippen LogP contribution in [0.3, 0.4) is 0 Å². The zero-order valence-electron chi connectivity index (χ0n) is 13.8. The number of esters is 1. The monoisotopic (exact) mass is 309 g/mol. The Labute approximate surface area is 132 Å². The molecule has 4 heteroatoms. The molecule has 0 radical (unpaired) electrons. The number of hydrogen-bond acceptors (Lipinski definition) is 4. The quantitative estimate of drug-likeness (QED) is 0.589. The van der Waals surface area contributed by atoms with Gasteiger partial charge in [-0.1, -0.05) is 36.2 Å². The van der Waals surface area contributed by atoms with Gasteiger partial charge in [0.2, 0.25) is 0 Å². The average Bonchev–Trinajstić information content (AvgIpc) is 2.42. The maximum absolute atomic E-state index is 11.9. The summed E-state index contributed by atoms with van der Waals surface area (Å²) in [6.45, 7) is 8.93. The van der Waals surface area contributed by atoms with Crippen molar-refractivity contribution in [1.29, 1.82) is 0 Å². The largest absolute Gasteiger partial charge is 0.468 e. The van der Waals surface area contributed by atoms with Crippen LogP contribution in [0.15, 0.2) is 18.2 Å². The lowest BCUT2D eigenvalue weighted by molar-refractivity contribution is -0.147. The Morgan fingerprint density at radius 3 is 2.43 bits per heavy atom. The molecule has 118 valence electrons. The van der Waals surface area contributed by atoms with Crippen molar-refractivity contribution < 1.29 is 9.53 Å². The standard InChI is InChI=1S/C17H27NO2S/c1-6-18-17(4,16(19)20-5)7-8-21-12-15-10-13(2)9-14(3)11-15/h9-11,18H,6-8,12H2,1-5H3. The highest BCUT2D eigenvalue weighted by Gasteiger charge is 2.32. The summed E-state index contributed by atoms with van der Waals surface area (Å²) < 4.78 is 4.90. The highest BCUT2D eigenvalue weighted by atomic mass is 32.2. The second kappa shape index (κ2) is 8.44. The first-order valence-corrected chi connectivity index (χ1v) is 8.55. The molecular weight excluding hydrogens is 282 g/mol. The molecule has 1 N–H and O–H groups in total. The number of likely N-dealkylation sites (N-methyl/N-ethyl adjacent to an activating group) is 1. The number of rotatable bonds is 8. The lowest BCUT2D eigenvalue weighted by Gasteiger charge is -2.27. The molecule has 0 saturated heterocycles. The maximum Gasteiger partial charge on any atom is 0.325 e. The lowest BCUT2D eigenvalue weighted by Crippen LogP contribution is -2.50. The molecule has 3 nitrogen and oxygen atoms in total. The van der Waals surface area contributed by atoms with Gasteiger partial charge in [-0.25, -0.2) is 0 Å². The molecule has 0 aliphatic rings. The van der Waals surface area contributed by atoms with E-state index in [9.17, 15) is 4.79 Å². The van der Waals surface area contributed by atoms with E-state index in [1.165, 1.54) is 23.8 Å². The van der Waals surface area contributed by atoms with Crippen molar-refractivity contribution in [3.63, 3.8) is 0 Å². The van der Waals surface area contributed by atoms with Crippen LogP contribution in [0.4, 0.5) is 0 Å². The number of hydrogen-bond donors (Lipinski definition) is 1. The molecule has 0 aromatic heterocycles. The molecule has 0 saturated carbocycles. The summed E-state index contributed by atoms with van der Waals surface area (Å²) in [4.78, 5) is 11.9. The van der Waals surface area contributed by atoms with Crippen LogP contribution >= 0.6 is 11.8 Å². The van der Waals surface area contributed by atoms with E-state index >= 15 is 0 Å². The Kier molecular flexibility index (Phi) is 7.26. The van der Waals surface area contributed by atoms with Crippen molar-refractivity contribution in [3.8, 4) is 0 Å². The molecule has 1 aromatic carbocycles. The minimum atomic E-state index is -0.584. The molecule has 0 aliphatic carbocycles. The molecule has 0 aliphatic heterocycles. The van der Waals surface area contributed by atoms with E-state index in [0.29, 0.717) is 0 Å². The van der Waals surface area contributed by atoms with Gasteiger partial charge in [0.05, 0.1) is 7.11 Å². The molecule has 0 bridgehead atoms. The van der Waals surface area contributed by atoms with Gasteiger partial charge in [-0.05, 0) is 45.1 Å². The van der Waals surface area contributed by atoms with Crippen LogP contribution in [0.25, 0.3) is 0 Å². The van der Waals surface area contributed by atoms with E-state index in [1.807, 2.05) is 25.6 Å². The zero-order valence-corrected chi connectivity index (χ0v) is 14.6. The van der Waals surface area contributed by atoms with Gasteiger partial charge in [0, 0.05) is 5.75 Å². The highest BCUT2D eigenvalue weighted by molar-refractivity contribution is 7.98. The lowest BCUT2D eigenvalue weighted by atomic mass is 9.99. The fraction of sp³-hybridized carbons (Fsp3) is 0.588. The van der Waals surface area contributed by atoms with Gasteiger partial charge in [-0.15, -0.1) is 0 Å². The fourth-order valence-corrected chi connectivity index (χ4v) is 3.60. The van der Waals surface area contributed by atoms with Crippen LogP contribution in [0, 0.1) is 13.8 Å². The molecule has 21 heavy (non-hydrogen) atoms. The van der Waals surface area contributed by atoms with Gasteiger partial charge in [-0.2, -0.15) is 11.8 Å². The number of carbonyl (C=O) groups excluding carboxylic acids is 1. The Bertz CT molecular complexity index is 456. The summed E-state index contributed by atoms with van der Waals surface area (Å²) in [6.07, 6.45) is 0.767. The summed E-state index contributed by atoms with van der Waals surface area (Å²) in [5.74, 6) is 1.72. The Hall–Kier alpha value is -1.00. The van der Waals surface area contributed by atoms with Gasteiger partial charge in [-0.3, -0.25) is 4.79 Å².